The third-order valence-corrected chi connectivity index (χ3v) is 12.4. The van der Waals surface area contributed by atoms with Gasteiger partial charge in [0.15, 0.2) is 6.10 Å². The van der Waals surface area contributed by atoms with Gasteiger partial charge in [0.25, 0.3) is 0 Å². The second-order valence-electron chi connectivity index (χ2n) is 19.9. The van der Waals surface area contributed by atoms with Crippen molar-refractivity contribution in [3.05, 3.63) is 182 Å². The van der Waals surface area contributed by atoms with Crippen LogP contribution in [0.1, 0.15) is 239 Å². The van der Waals surface area contributed by atoms with Gasteiger partial charge in [-0.05, 0) is 122 Å². The van der Waals surface area contributed by atoms with Crippen LogP contribution in [0.15, 0.2) is 182 Å². The van der Waals surface area contributed by atoms with Crippen molar-refractivity contribution in [2.45, 2.75) is 245 Å². The summed E-state index contributed by atoms with van der Waals surface area (Å²) in [6.45, 7) is 6.27. The van der Waals surface area contributed by atoms with E-state index in [1.54, 1.807) is 6.08 Å². The lowest BCUT2D eigenvalue weighted by Gasteiger charge is -2.18. The Labute approximate surface area is 484 Å². The summed E-state index contributed by atoms with van der Waals surface area (Å²) in [5.41, 5.74) is 0. The van der Waals surface area contributed by atoms with Crippen molar-refractivity contribution in [2.75, 3.05) is 13.2 Å². The molecule has 0 aliphatic rings. The predicted octanol–water partition coefficient (Wildman–Crippen LogP) is 21.7. The van der Waals surface area contributed by atoms with Gasteiger partial charge in [-0.3, -0.25) is 14.4 Å². The molecule has 0 saturated carbocycles. The molecule has 0 aliphatic heterocycles. The number of esters is 3. The zero-order chi connectivity index (χ0) is 57.1. The van der Waals surface area contributed by atoms with Crippen LogP contribution in [-0.2, 0) is 28.6 Å². The quantitative estimate of drug-likeness (QED) is 0.0261. The van der Waals surface area contributed by atoms with Crippen molar-refractivity contribution >= 4 is 17.9 Å². The summed E-state index contributed by atoms with van der Waals surface area (Å²) in [6.07, 6.45) is 97.9. The average molecular weight is 1090 g/mol. The van der Waals surface area contributed by atoms with Gasteiger partial charge in [-0.2, -0.15) is 0 Å². The van der Waals surface area contributed by atoms with Gasteiger partial charge in [-0.1, -0.05) is 280 Å². The molecule has 0 N–H and O–H groups in total. The molecule has 0 heterocycles. The first-order valence-electron chi connectivity index (χ1n) is 31.3. The van der Waals surface area contributed by atoms with E-state index in [1.165, 1.54) is 64.2 Å². The van der Waals surface area contributed by atoms with Crippen LogP contribution in [0, 0.1) is 0 Å². The molecule has 0 saturated heterocycles. The van der Waals surface area contributed by atoms with Crippen LogP contribution in [0.2, 0.25) is 0 Å². The highest BCUT2D eigenvalue weighted by Crippen LogP contribution is 2.14. The molecule has 0 fully saturated rings. The van der Waals surface area contributed by atoms with Gasteiger partial charge >= 0.3 is 17.9 Å². The van der Waals surface area contributed by atoms with Gasteiger partial charge in [0.1, 0.15) is 13.2 Å². The monoisotopic (exact) mass is 1080 g/mol. The number of rotatable bonds is 54. The van der Waals surface area contributed by atoms with Gasteiger partial charge in [-0.15, -0.1) is 0 Å². The second kappa shape index (κ2) is 65.0. The lowest BCUT2D eigenvalue weighted by molar-refractivity contribution is -0.166. The van der Waals surface area contributed by atoms with Crippen molar-refractivity contribution in [2.24, 2.45) is 0 Å². The molecule has 0 aromatic carbocycles. The molecular weight excluding hydrogens is 973 g/mol. The zero-order valence-corrected chi connectivity index (χ0v) is 50.3. The lowest BCUT2D eigenvalue weighted by atomic mass is 10.0. The van der Waals surface area contributed by atoms with E-state index >= 15 is 0 Å². The fourth-order valence-corrected chi connectivity index (χ4v) is 7.84. The van der Waals surface area contributed by atoms with Crippen LogP contribution in [-0.4, -0.2) is 37.2 Å². The van der Waals surface area contributed by atoms with E-state index in [-0.39, 0.29) is 38.0 Å². The van der Waals surface area contributed by atoms with E-state index in [9.17, 15) is 14.4 Å². The molecule has 1 unspecified atom stereocenters. The Hall–Kier alpha value is -5.49. The molecule has 6 heteroatoms. The molecule has 0 aliphatic carbocycles. The molecule has 0 spiro atoms. The third kappa shape index (κ3) is 63.2. The summed E-state index contributed by atoms with van der Waals surface area (Å²) in [5.74, 6) is -1.12. The topological polar surface area (TPSA) is 78.9 Å². The molecule has 0 amide bonds. The molecule has 6 nitrogen and oxygen atoms in total. The number of hydrogen-bond donors (Lipinski definition) is 0. The maximum atomic E-state index is 12.8. The van der Waals surface area contributed by atoms with Crippen molar-refractivity contribution < 1.29 is 28.6 Å². The Morgan fingerprint density at radius 2 is 0.532 bits per heavy atom. The second-order valence-corrected chi connectivity index (χ2v) is 19.9. The lowest BCUT2D eigenvalue weighted by Crippen LogP contribution is -2.30. The minimum Gasteiger partial charge on any atom is -0.462 e. The molecule has 0 bridgehead atoms. The smallest absolute Gasteiger partial charge is 0.310 e. The maximum absolute atomic E-state index is 12.8. The number of carbonyl (C=O) groups excluding carboxylic acids is 3. The molecular formula is C73H112O6. The van der Waals surface area contributed by atoms with E-state index in [4.69, 9.17) is 14.2 Å². The first-order valence-corrected chi connectivity index (χ1v) is 31.3. The highest BCUT2D eigenvalue weighted by atomic mass is 16.6. The van der Waals surface area contributed by atoms with E-state index in [2.05, 4.69) is 191 Å². The molecule has 79 heavy (non-hydrogen) atoms. The standard InChI is InChI=1S/C73H112O6/c1-4-7-10-13-16-19-22-25-27-28-29-30-31-32-33-34-35-36-37-38-39-40-41-42-43-44-46-48-51-54-57-60-63-66-72(75)78-69-70(68-77-71(74)65-62-59-56-53-50-47-24-21-18-15-12-9-6-3)79-73(76)67-64-61-58-55-52-49-45-26-23-20-17-14-11-8-5-2/h7-8,10-11,16-17,19-20,25-27,29-30,32-33,35-36,38-39,41-42,44-46,51-52,54-55,61,64,70H,4-6,9,12-15,18,21-24,28,31,34,37,40,43,47-50,53,56-60,62-63,65-69H2,1-3H3/b10-7-,11-8-,19-16-,20-17-,27-25-,30-29-,33-32-,36-35-,39-38-,42-41-,45-26-,46-44-,54-51-,55-52-,64-61-. The average Bonchev–Trinajstić information content (AvgIpc) is 3.45. The van der Waals surface area contributed by atoms with Gasteiger partial charge in [0, 0.05) is 12.8 Å². The van der Waals surface area contributed by atoms with E-state index < -0.39 is 12.1 Å². The van der Waals surface area contributed by atoms with Crippen LogP contribution in [0.25, 0.3) is 0 Å². The summed E-state index contributed by atoms with van der Waals surface area (Å²) in [5, 5.41) is 0. The molecule has 0 aromatic rings. The van der Waals surface area contributed by atoms with Crippen LogP contribution >= 0.6 is 0 Å². The number of carbonyl (C=O) groups is 3. The molecule has 1 atom stereocenters. The first-order chi connectivity index (χ1) is 39.0. The fourth-order valence-electron chi connectivity index (χ4n) is 7.84. The Bertz CT molecular complexity index is 1870. The Balaban J connectivity index is 4.46. The Morgan fingerprint density at radius 3 is 0.835 bits per heavy atom. The number of allylic oxidation sites excluding steroid dienone is 29. The van der Waals surface area contributed by atoms with Crippen molar-refractivity contribution in [1.82, 2.24) is 0 Å². The summed E-state index contributed by atoms with van der Waals surface area (Å²) < 4.78 is 16.7. The number of unbranched alkanes of at least 4 members (excludes halogenated alkanes) is 14. The zero-order valence-electron chi connectivity index (χ0n) is 50.3. The molecule has 0 radical (unpaired) electrons. The van der Waals surface area contributed by atoms with Gasteiger partial charge in [0.2, 0.25) is 0 Å². The molecule has 0 rings (SSSR count). The highest BCUT2D eigenvalue weighted by molar-refractivity contribution is 5.72. The Morgan fingerprint density at radius 1 is 0.278 bits per heavy atom. The van der Waals surface area contributed by atoms with Crippen LogP contribution in [0.4, 0.5) is 0 Å². The summed E-state index contributed by atoms with van der Waals surface area (Å²) in [7, 11) is 0. The van der Waals surface area contributed by atoms with Crippen molar-refractivity contribution in [1.29, 1.82) is 0 Å². The van der Waals surface area contributed by atoms with Gasteiger partial charge in [0.05, 0.1) is 6.42 Å². The predicted molar refractivity (Wildman–Crippen MR) is 343 cm³/mol. The Kier molecular flexibility index (Phi) is 60.5. The van der Waals surface area contributed by atoms with Gasteiger partial charge < -0.3 is 14.2 Å². The molecule has 0 aromatic heterocycles. The summed E-state index contributed by atoms with van der Waals surface area (Å²) in [4.78, 5) is 38.1. The fraction of sp³-hybridized carbons (Fsp3) is 0.548. The maximum Gasteiger partial charge on any atom is 0.310 e. The largest absolute Gasteiger partial charge is 0.462 e. The van der Waals surface area contributed by atoms with Crippen LogP contribution < -0.4 is 0 Å². The summed E-state index contributed by atoms with van der Waals surface area (Å²) in [6, 6.07) is 0. The number of ether oxygens (including phenoxy) is 3. The van der Waals surface area contributed by atoms with E-state index in [0.29, 0.717) is 19.3 Å². The minimum absolute atomic E-state index is 0.0797. The highest BCUT2D eigenvalue weighted by Gasteiger charge is 2.19. The van der Waals surface area contributed by atoms with E-state index in [0.717, 1.165) is 122 Å². The number of hydrogen-bond acceptors (Lipinski definition) is 6. The van der Waals surface area contributed by atoms with Crippen molar-refractivity contribution in [3.63, 3.8) is 0 Å². The SMILES string of the molecule is CC/C=C\C/C=C\C/C=C\C/C=C\C/C=C\C/C=C\C/C=C\C/C=C\C/C=C\C/C=C\CCCCC(=O)OCC(COC(=O)CCCCCCCCCCCCCCC)OC(=O)C/C=C\C/C=C\C/C=C\C/C=C\C/C=C\CC. The van der Waals surface area contributed by atoms with Gasteiger partial charge in [-0.25, -0.2) is 0 Å². The summed E-state index contributed by atoms with van der Waals surface area (Å²) >= 11 is 0. The van der Waals surface area contributed by atoms with Crippen molar-refractivity contribution in [3.8, 4) is 0 Å². The third-order valence-electron chi connectivity index (χ3n) is 12.4. The normalized spacial score (nSPS) is 13.4. The van der Waals surface area contributed by atoms with Crippen LogP contribution in [0.5, 0.6) is 0 Å². The first kappa shape index (κ1) is 73.5. The van der Waals surface area contributed by atoms with Crippen LogP contribution in [0.3, 0.4) is 0 Å². The molecule has 440 valence electrons. The minimum atomic E-state index is -0.859. The van der Waals surface area contributed by atoms with E-state index in [1.807, 2.05) is 6.08 Å².